The standard InChI is InChI=1S/C16H27NO2/c1-4-9-17-13-16(19-11-6-10-18-3)15-8-5-7-14(2)12-15/h5,7-8,12,16-17H,4,6,9-11,13H2,1-3H3. The number of rotatable bonds is 10. The SMILES string of the molecule is CCCNCC(OCCCOC)c1cccc(C)c1. The maximum Gasteiger partial charge on any atom is 0.0949 e. The van der Waals surface area contributed by atoms with Crippen molar-refractivity contribution >= 4 is 0 Å². The van der Waals surface area contributed by atoms with Crippen molar-refractivity contribution in [3.63, 3.8) is 0 Å². The first-order valence-electron chi connectivity index (χ1n) is 7.15. The number of ether oxygens (including phenoxy) is 2. The molecule has 1 N–H and O–H groups in total. The van der Waals surface area contributed by atoms with Gasteiger partial charge in [-0.3, -0.25) is 0 Å². The van der Waals surface area contributed by atoms with Gasteiger partial charge in [-0.15, -0.1) is 0 Å². The molecule has 19 heavy (non-hydrogen) atoms. The largest absolute Gasteiger partial charge is 0.385 e. The molecule has 0 aliphatic rings. The minimum Gasteiger partial charge on any atom is -0.385 e. The minimum atomic E-state index is 0.128. The minimum absolute atomic E-state index is 0.128. The monoisotopic (exact) mass is 265 g/mol. The predicted molar refractivity (Wildman–Crippen MR) is 79.5 cm³/mol. The molecule has 1 aromatic rings. The molecule has 0 amide bonds. The summed E-state index contributed by atoms with van der Waals surface area (Å²) in [5.74, 6) is 0. The van der Waals surface area contributed by atoms with Crippen molar-refractivity contribution in [3.05, 3.63) is 35.4 Å². The van der Waals surface area contributed by atoms with Crippen LogP contribution in [0.15, 0.2) is 24.3 Å². The summed E-state index contributed by atoms with van der Waals surface area (Å²) >= 11 is 0. The first-order valence-corrected chi connectivity index (χ1v) is 7.15. The van der Waals surface area contributed by atoms with Gasteiger partial charge in [0, 0.05) is 26.9 Å². The molecule has 0 saturated heterocycles. The predicted octanol–water partition coefficient (Wildman–Crippen LogP) is 3.09. The van der Waals surface area contributed by atoms with Gasteiger partial charge in [0.25, 0.3) is 0 Å². The van der Waals surface area contributed by atoms with Gasteiger partial charge in [-0.25, -0.2) is 0 Å². The quantitative estimate of drug-likeness (QED) is 0.659. The Hall–Kier alpha value is -0.900. The number of nitrogens with one attached hydrogen (secondary N) is 1. The van der Waals surface area contributed by atoms with Crippen LogP contribution in [0.25, 0.3) is 0 Å². The van der Waals surface area contributed by atoms with E-state index < -0.39 is 0 Å². The summed E-state index contributed by atoms with van der Waals surface area (Å²) in [4.78, 5) is 0. The molecule has 1 unspecified atom stereocenters. The van der Waals surface area contributed by atoms with Crippen LogP contribution in [0, 0.1) is 6.92 Å². The van der Waals surface area contributed by atoms with E-state index in [1.165, 1.54) is 11.1 Å². The van der Waals surface area contributed by atoms with Gasteiger partial charge in [-0.2, -0.15) is 0 Å². The van der Waals surface area contributed by atoms with Gasteiger partial charge in [0.15, 0.2) is 0 Å². The fraction of sp³-hybridized carbons (Fsp3) is 0.625. The lowest BCUT2D eigenvalue weighted by molar-refractivity contribution is 0.0389. The highest BCUT2D eigenvalue weighted by Gasteiger charge is 2.11. The molecule has 0 saturated carbocycles. The van der Waals surface area contributed by atoms with E-state index in [4.69, 9.17) is 9.47 Å². The molecular formula is C16H27NO2. The van der Waals surface area contributed by atoms with E-state index in [2.05, 4.69) is 43.4 Å². The first-order chi connectivity index (χ1) is 9.27. The third-order valence-electron chi connectivity index (χ3n) is 2.98. The van der Waals surface area contributed by atoms with E-state index in [9.17, 15) is 0 Å². The van der Waals surface area contributed by atoms with E-state index in [1.807, 2.05) is 0 Å². The molecule has 1 atom stereocenters. The third-order valence-corrected chi connectivity index (χ3v) is 2.98. The van der Waals surface area contributed by atoms with Crippen LogP contribution in [-0.2, 0) is 9.47 Å². The summed E-state index contributed by atoms with van der Waals surface area (Å²) < 4.78 is 11.0. The van der Waals surface area contributed by atoms with Crippen LogP contribution < -0.4 is 5.32 Å². The van der Waals surface area contributed by atoms with Gasteiger partial charge in [-0.05, 0) is 31.9 Å². The number of aryl methyl sites for hydroxylation is 1. The van der Waals surface area contributed by atoms with Crippen molar-refractivity contribution in [2.24, 2.45) is 0 Å². The van der Waals surface area contributed by atoms with E-state index in [0.29, 0.717) is 0 Å². The average Bonchev–Trinajstić information content (AvgIpc) is 2.41. The zero-order chi connectivity index (χ0) is 13.9. The fourth-order valence-electron chi connectivity index (χ4n) is 1.98. The zero-order valence-electron chi connectivity index (χ0n) is 12.4. The van der Waals surface area contributed by atoms with Gasteiger partial charge < -0.3 is 14.8 Å². The molecule has 3 nitrogen and oxygen atoms in total. The summed E-state index contributed by atoms with van der Waals surface area (Å²) in [6.07, 6.45) is 2.21. The average molecular weight is 265 g/mol. The maximum absolute atomic E-state index is 5.99. The number of methoxy groups -OCH3 is 1. The molecule has 0 heterocycles. The highest BCUT2D eigenvalue weighted by atomic mass is 16.5. The Morgan fingerprint density at radius 1 is 1.26 bits per heavy atom. The molecule has 0 bridgehead atoms. The van der Waals surface area contributed by atoms with Gasteiger partial charge in [-0.1, -0.05) is 36.8 Å². The smallest absolute Gasteiger partial charge is 0.0949 e. The molecule has 3 heteroatoms. The Morgan fingerprint density at radius 2 is 2.11 bits per heavy atom. The number of hydrogen-bond donors (Lipinski definition) is 1. The molecular weight excluding hydrogens is 238 g/mol. The summed E-state index contributed by atoms with van der Waals surface area (Å²) in [7, 11) is 1.72. The highest BCUT2D eigenvalue weighted by molar-refractivity contribution is 5.24. The molecule has 0 spiro atoms. The zero-order valence-corrected chi connectivity index (χ0v) is 12.4. The first kappa shape index (κ1) is 16.2. The lowest BCUT2D eigenvalue weighted by Gasteiger charge is -2.19. The fourth-order valence-corrected chi connectivity index (χ4v) is 1.98. The van der Waals surface area contributed by atoms with Crippen molar-refractivity contribution in [3.8, 4) is 0 Å². The Labute approximate surface area is 117 Å². The Kier molecular flexibility index (Phi) is 8.47. The number of hydrogen-bond acceptors (Lipinski definition) is 3. The van der Waals surface area contributed by atoms with Crippen molar-refractivity contribution in [1.82, 2.24) is 5.32 Å². The molecule has 0 aliphatic heterocycles. The van der Waals surface area contributed by atoms with Crippen LogP contribution in [0.4, 0.5) is 0 Å². The second-order valence-corrected chi connectivity index (χ2v) is 4.82. The van der Waals surface area contributed by atoms with Gasteiger partial charge in [0.2, 0.25) is 0 Å². The topological polar surface area (TPSA) is 30.5 Å². The second kappa shape index (κ2) is 9.96. The van der Waals surface area contributed by atoms with E-state index >= 15 is 0 Å². The lowest BCUT2D eigenvalue weighted by Crippen LogP contribution is -2.24. The van der Waals surface area contributed by atoms with E-state index in [1.54, 1.807) is 7.11 Å². The molecule has 108 valence electrons. The molecule has 0 radical (unpaired) electrons. The second-order valence-electron chi connectivity index (χ2n) is 4.82. The van der Waals surface area contributed by atoms with E-state index in [0.717, 1.165) is 39.1 Å². The Morgan fingerprint density at radius 3 is 2.79 bits per heavy atom. The van der Waals surface area contributed by atoms with Crippen LogP contribution in [0.5, 0.6) is 0 Å². The summed E-state index contributed by atoms with van der Waals surface area (Å²) in [5, 5.41) is 3.44. The van der Waals surface area contributed by atoms with Crippen molar-refractivity contribution in [2.75, 3.05) is 33.4 Å². The van der Waals surface area contributed by atoms with Crippen LogP contribution in [-0.4, -0.2) is 33.4 Å². The summed E-state index contributed by atoms with van der Waals surface area (Å²) in [6.45, 7) is 7.68. The molecule has 0 aliphatic carbocycles. The highest BCUT2D eigenvalue weighted by Crippen LogP contribution is 2.18. The Bertz CT molecular complexity index is 341. The molecule has 1 aromatic carbocycles. The third kappa shape index (κ3) is 6.71. The normalized spacial score (nSPS) is 12.6. The van der Waals surface area contributed by atoms with Gasteiger partial charge in [0.05, 0.1) is 6.10 Å². The molecule has 1 rings (SSSR count). The van der Waals surface area contributed by atoms with Crippen molar-refractivity contribution in [1.29, 1.82) is 0 Å². The van der Waals surface area contributed by atoms with Crippen LogP contribution in [0.3, 0.4) is 0 Å². The molecule has 0 fully saturated rings. The summed E-state index contributed by atoms with van der Waals surface area (Å²) in [5.41, 5.74) is 2.53. The Balaban J connectivity index is 2.52. The maximum atomic E-state index is 5.99. The lowest BCUT2D eigenvalue weighted by atomic mass is 10.1. The van der Waals surface area contributed by atoms with Crippen molar-refractivity contribution < 1.29 is 9.47 Å². The van der Waals surface area contributed by atoms with Crippen molar-refractivity contribution in [2.45, 2.75) is 32.8 Å². The van der Waals surface area contributed by atoms with Crippen LogP contribution in [0.1, 0.15) is 37.0 Å². The number of benzene rings is 1. The van der Waals surface area contributed by atoms with Gasteiger partial charge in [0.1, 0.15) is 0 Å². The van der Waals surface area contributed by atoms with E-state index in [-0.39, 0.29) is 6.10 Å². The summed E-state index contributed by atoms with van der Waals surface area (Å²) in [6, 6.07) is 8.55. The van der Waals surface area contributed by atoms with Crippen LogP contribution >= 0.6 is 0 Å². The van der Waals surface area contributed by atoms with Gasteiger partial charge >= 0.3 is 0 Å². The van der Waals surface area contributed by atoms with Crippen LogP contribution in [0.2, 0.25) is 0 Å². The molecule has 0 aromatic heterocycles.